The number of hydrogen-bond acceptors (Lipinski definition) is 4. The zero-order valence-corrected chi connectivity index (χ0v) is 11.4. The Hall–Kier alpha value is -3.00. The predicted octanol–water partition coefficient (Wildman–Crippen LogP) is 1.94. The third kappa shape index (κ3) is 5.25. The number of pyridine rings is 1. The SMILES string of the molecule is Nc1ccc(C#CCNC(=O)OCc2ccccc2)nc1. The van der Waals surface area contributed by atoms with Crippen molar-refractivity contribution in [1.29, 1.82) is 0 Å². The number of nitrogens with one attached hydrogen (secondary N) is 1. The van der Waals surface area contributed by atoms with E-state index in [1.165, 1.54) is 6.20 Å². The summed E-state index contributed by atoms with van der Waals surface area (Å²) in [6.07, 6.45) is 1.03. The highest BCUT2D eigenvalue weighted by Crippen LogP contribution is 2.00. The Morgan fingerprint density at radius 1 is 1.24 bits per heavy atom. The van der Waals surface area contributed by atoms with Gasteiger partial charge in [0.1, 0.15) is 12.3 Å². The van der Waals surface area contributed by atoms with Crippen molar-refractivity contribution in [3.8, 4) is 11.8 Å². The van der Waals surface area contributed by atoms with Crippen LogP contribution in [0.5, 0.6) is 0 Å². The first-order valence-electron chi connectivity index (χ1n) is 6.39. The lowest BCUT2D eigenvalue weighted by Gasteiger charge is -2.04. The number of hydrogen-bond donors (Lipinski definition) is 2. The summed E-state index contributed by atoms with van der Waals surface area (Å²) in [5.41, 5.74) is 7.64. The molecule has 5 heteroatoms. The molecule has 5 nitrogen and oxygen atoms in total. The van der Waals surface area contributed by atoms with Crippen LogP contribution >= 0.6 is 0 Å². The molecule has 1 aromatic carbocycles. The first kappa shape index (κ1) is 14.4. The number of carbonyl (C=O) groups is 1. The lowest BCUT2D eigenvalue weighted by Crippen LogP contribution is -2.24. The molecule has 2 aromatic rings. The summed E-state index contributed by atoms with van der Waals surface area (Å²) in [5.74, 6) is 5.60. The van der Waals surface area contributed by atoms with Crippen LogP contribution in [0.2, 0.25) is 0 Å². The number of rotatable bonds is 3. The molecule has 3 N–H and O–H groups in total. The van der Waals surface area contributed by atoms with Gasteiger partial charge in [-0.25, -0.2) is 9.78 Å². The fraction of sp³-hybridized carbons (Fsp3) is 0.125. The van der Waals surface area contributed by atoms with Crippen LogP contribution in [0.25, 0.3) is 0 Å². The van der Waals surface area contributed by atoms with Gasteiger partial charge in [-0.15, -0.1) is 0 Å². The highest BCUT2D eigenvalue weighted by Gasteiger charge is 2.00. The molecule has 0 aliphatic carbocycles. The maximum absolute atomic E-state index is 11.4. The number of nitrogens with zero attached hydrogens (tertiary/aromatic N) is 1. The van der Waals surface area contributed by atoms with Gasteiger partial charge in [-0.3, -0.25) is 0 Å². The highest BCUT2D eigenvalue weighted by atomic mass is 16.5. The van der Waals surface area contributed by atoms with Gasteiger partial charge in [0, 0.05) is 0 Å². The Bertz CT molecular complexity index is 643. The highest BCUT2D eigenvalue weighted by molar-refractivity contribution is 5.67. The molecule has 0 aliphatic rings. The molecule has 0 radical (unpaired) electrons. The monoisotopic (exact) mass is 281 g/mol. The molecule has 1 heterocycles. The average Bonchev–Trinajstić information content (AvgIpc) is 2.52. The Balaban J connectivity index is 1.71. The first-order valence-corrected chi connectivity index (χ1v) is 6.39. The summed E-state index contributed by atoms with van der Waals surface area (Å²) in [7, 11) is 0. The number of carbonyl (C=O) groups excluding carboxylic acids is 1. The van der Waals surface area contributed by atoms with Crippen LogP contribution in [0.15, 0.2) is 48.7 Å². The molecule has 0 aliphatic heterocycles. The molecule has 106 valence electrons. The third-order valence-corrected chi connectivity index (χ3v) is 2.54. The Morgan fingerprint density at radius 2 is 2.05 bits per heavy atom. The number of nitrogen functional groups attached to an aromatic ring is 1. The largest absolute Gasteiger partial charge is 0.445 e. The van der Waals surface area contributed by atoms with Crippen molar-refractivity contribution in [2.24, 2.45) is 0 Å². The summed E-state index contributed by atoms with van der Waals surface area (Å²) < 4.78 is 5.05. The fourth-order valence-electron chi connectivity index (χ4n) is 1.50. The lowest BCUT2D eigenvalue weighted by atomic mass is 10.2. The number of alkyl carbamates (subject to hydrolysis) is 1. The van der Waals surface area contributed by atoms with Gasteiger partial charge in [0.2, 0.25) is 0 Å². The van der Waals surface area contributed by atoms with Crippen molar-refractivity contribution >= 4 is 11.8 Å². The van der Waals surface area contributed by atoms with E-state index >= 15 is 0 Å². The molecule has 1 amide bonds. The van der Waals surface area contributed by atoms with E-state index in [9.17, 15) is 4.79 Å². The summed E-state index contributed by atoms with van der Waals surface area (Å²) in [6.45, 7) is 0.430. The van der Waals surface area contributed by atoms with E-state index in [0.29, 0.717) is 11.4 Å². The van der Waals surface area contributed by atoms with Crippen LogP contribution in [0, 0.1) is 11.8 Å². The minimum Gasteiger partial charge on any atom is -0.445 e. The summed E-state index contributed by atoms with van der Waals surface area (Å²) in [4.78, 5) is 15.5. The van der Waals surface area contributed by atoms with Gasteiger partial charge in [0.15, 0.2) is 0 Å². The molecule has 21 heavy (non-hydrogen) atoms. The van der Waals surface area contributed by atoms with E-state index < -0.39 is 6.09 Å². The molecular weight excluding hydrogens is 266 g/mol. The number of benzene rings is 1. The quantitative estimate of drug-likeness (QED) is 0.843. The number of nitrogens with two attached hydrogens (primary N) is 1. The van der Waals surface area contributed by atoms with Crippen LogP contribution in [-0.2, 0) is 11.3 Å². The van der Waals surface area contributed by atoms with Crippen molar-refractivity contribution in [3.63, 3.8) is 0 Å². The number of anilines is 1. The molecular formula is C16H15N3O2. The standard InChI is InChI=1S/C16H15N3O2/c17-14-8-9-15(19-11-14)7-4-10-18-16(20)21-12-13-5-2-1-3-6-13/h1-3,5-6,8-9,11H,10,12,17H2,(H,18,20). The van der Waals surface area contributed by atoms with E-state index in [1.54, 1.807) is 12.1 Å². The maximum atomic E-state index is 11.4. The van der Waals surface area contributed by atoms with Crippen LogP contribution in [0.1, 0.15) is 11.3 Å². The topological polar surface area (TPSA) is 77.2 Å². The van der Waals surface area contributed by atoms with Gasteiger partial charge in [-0.1, -0.05) is 36.3 Å². The van der Waals surface area contributed by atoms with E-state index in [4.69, 9.17) is 10.5 Å². The third-order valence-electron chi connectivity index (χ3n) is 2.54. The molecule has 0 saturated carbocycles. The second-order valence-corrected chi connectivity index (χ2v) is 4.19. The average molecular weight is 281 g/mol. The van der Waals surface area contributed by atoms with Crippen LogP contribution in [-0.4, -0.2) is 17.6 Å². The van der Waals surface area contributed by atoms with Gasteiger partial charge < -0.3 is 15.8 Å². The van der Waals surface area contributed by atoms with Gasteiger partial charge in [0.05, 0.1) is 18.4 Å². The summed E-state index contributed by atoms with van der Waals surface area (Å²) in [5, 5.41) is 2.55. The zero-order chi connectivity index (χ0) is 14.9. The van der Waals surface area contributed by atoms with Crippen LogP contribution in [0.4, 0.5) is 10.5 Å². The molecule has 0 atom stereocenters. The number of ether oxygens (including phenoxy) is 1. The Labute approximate surface area is 123 Å². The van der Waals surface area contributed by atoms with Gasteiger partial charge in [-0.05, 0) is 23.6 Å². The van der Waals surface area contributed by atoms with E-state index in [0.717, 1.165) is 5.56 Å². The first-order chi connectivity index (χ1) is 10.2. The fourth-order valence-corrected chi connectivity index (χ4v) is 1.50. The smallest absolute Gasteiger partial charge is 0.408 e. The molecule has 0 spiro atoms. The van der Waals surface area contributed by atoms with E-state index in [-0.39, 0.29) is 13.2 Å². The molecule has 0 saturated heterocycles. The van der Waals surface area contributed by atoms with Crippen molar-refractivity contribution in [2.45, 2.75) is 6.61 Å². The molecule has 1 aromatic heterocycles. The molecule has 2 rings (SSSR count). The van der Waals surface area contributed by atoms with Gasteiger partial charge >= 0.3 is 6.09 Å². The molecule has 0 bridgehead atoms. The minimum atomic E-state index is -0.501. The normalized spacial score (nSPS) is 9.33. The summed E-state index contributed by atoms with van der Waals surface area (Å²) in [6, 6.07) is 12.9. The predicted molar refractivity (Wildman–Crippen MR) is 80.2 cm³/mol. The van der Waals surface area contributed by atoms with E-state index in [2.05, 4.69) is 22.1 Å². The van der Waals surface area contributed by atoms with Crippen molar-refractivity contribution in [2.75, 3.05) is 12.3 Å². The maximum Gasteiger partial charge on any atom is 0.408 e. The van der Waals surface area contributed by atoms with E-state index in [1.807, 2.05) is 30.3 Å². The Morgan fingerprint density at radius 3 is 2.76 bits per heavy atom. The Kier molecular flexibility index (Phi) is 5.18. The second-order valence-electron chi connectivity index (χ2n) is 4.19. The summed E-state index contributed by atoms with van der Waals surface area (Å²) >= 11 is 0. The van der Waals surface area contributed by atoms with Gasteiger partial charge in [0.25, 0.3) is 0 Å². The van der Waals surface area contributed by atoms with Crippen LogP contribution < -0.4 is 11.1 Å². The molecule has 0 fully saturated rings. The number of aromatic nitrogens is 1. The zero-order valence-electron chi connectivity index (χ0n) is 11.4. The van der Waals surface area contributed by atoms with Crippen LogP contribution in [0.3, 0.4) is 0 Å². The number of amides is 1. The van der Waals surface area contributed by atoms with Crippen molar-refractivity contribution in [1.82, 2.24) is 10.3 Å². The lowest BCUT2D eigenvalue weighted by molar-refractivity contribution is 0.141. The van der Waals surface area contributed by atoms with Crippen molar-refractivity contribution < 1.29 is 9.53 Å². The molecule has 0 unspecified atom stereocenters. The van der Waals surface area contributed by atoms with Crippen molar-refractivity contribution in [3.05, 3.63) is 59.9 Å². The minimum absolute atomic E-state index is 0.194. The second kappa shape index (κ2) is 7.56. The van der Waals surface area contributed by atoms with Gasteiger partial charge in [-0.2, -0.15) is 0 Å².